The summed E-state index contributed by atoms with van der Waals surface area (Å²) in [5.74, 6) is 0.755. The Balaban J connectivity index is 1.89. The van der Waals surface area contributed by atoms with Crippen LogP contribution in [0.15, 0.2) is 0 Å². The van der Waals surface area contributed by atoms with Crippen molar-refractivity contribution in [3.8, 4) is 0 Å². The quantitative estimate of drug-likeness (QED) is 0.779. The number of carbonyl (C=O) groups is 2. The first kappa shape index (κ1) is 15.3. The minimum Gasteiger partial charge on any atom is -0.378 e. The van der Waals surface area contributed by atoms with E-state index >= 15 is 0 Å². The molecule has 2 aliphatic rings. The maximum absolute atomic E-state index is 12.5. The summed E-state index contributed by atoms with van der Waals surface area (Å²) in [5.41, 5.74) is 0. The molecule has 0 aliphatic carbocycles. The van der Waals surface area contributed by atoms with Gasteiger partial charge in [0, 0.05) is 32.6 Å². The van der Waals surface area contributed by atoms with Crippen molar-refractivity contribution in [3.63, 3.8) is 0 Å². The molecule has 0 saturated carbocycles. The topological polar surface area (TPSA) is 49.9 Å². The molecule has 20 heavy (non-hydrogen) atoms. The minimum atomic E-state index is -0.0158. The van der Waals surface area contributed by atoms with Crippen molar-refractivity contribution in [3.05, 3.63) is 0 Å². The van der Waals surface area contributed by atoms with Crippen LogP contribution in [0.1, 0.15) is 33.1 Å². The standard InChI is InChI=1S/C15H26N2O3/c1-12(2)10-14(18)17-5-3-4-13(11-17)15(19)16-6-8-20-9-7-16/h12-13H,3-11H2,1-2H3. The second-order valence-electron chi connectivity index (χ2n) is 6.21. The third kappa shape index (κ3) is 3.95. The first-order valence-electron chi connectivity index (χ1n) is 7.72. The Morgan fingerprint density at radius 1 is 1.15 bits per heavy atom. The Bertz CT molecular complexity index is 351. The van der Waals surface area contributed by atoms with Gasteiger partial charge in [-0.15, -0.1) is 0 Å². The summed E-state index contributed by atoms with van der Waals surface area (Å²) in [6.07, 6.45) is 2.42. The normalized spacial score (nSPS) is 24.1. The number of ether oxygens (including phenoxy) is 1. The molecule has 2 heterocycles. The highest BCUT2D eigenvalue weighted by Crippen LogP contribution is 2.21. The molecule has 2 aliphatic heterocycles. The van der Waals surface area contributed by atoms with Crippen molar-refractivity contribution in [1.82, 2.24) is 9.80 Å². The monoisotopic (exact) mass is 282 g/mol. The van der Waals surface area contributed by atoms with Crippen molar-refractivity contribution >= 4 is 11.8 Å². The molecule has 2 amide bonds. The highest BCUT2D eigenvalue weighted by molar-refractivity contribution is 5.81. The molecule has 0 aromatic heterocycles. The van der Waals surface area contributed by atoms with Crippen molar-refractivity contribution in [1.29, 1.82) is 0 Å². The number of piperidine rings is 1. The zero-order valence-corrected chi connectivity index (χ0v) is 12.6. The second-order valence-corrected chi connectivity index (χ2v) is 6.21. The zero-order chi connectivity index (χ0) is 14.5. The highest BCUT2D eigenvalue weighted by atomic mass is 16.5. The molecular formula is C15H26N2O3. The molecule has 0 N–H and O–H groups in total. The van der Waals surface area contributed by atoms with Gasteiger partial charge in [-0.1, -0.05) is 13.8 Å². The van der Waals surface area contributed by atoms with Gasteiger partial charge in [0.25, 0.3) is 0 Å². The average molecular weight is 282 g/mol. The van der Waals surface area contributed by atoms with E-state index in [1.54, 1.807) is 0 Å². The van der Waals surface area contributed by atoms with Crippen LogP contribution in [0.2, 0.25) is 0 Å². The van der Waals surface area contributed by atoms with Gasteiger partial charge in [-0.25, -0.2) is 0 Å². The lowest BCUT2D eigenvalue weighted by Crippen LogP contribution is -2.49. The smallest absolute Gasteiger partial charge is 0.227 e. The maximum atomic E-state index is 12.5. The Morgan fingerprint density at radius 3 is 2.50 bits per heavy atom. The third-order valence-electron chi connectivity index (χ3n) is 4.03. The lowest BCUT2D eigenvalue weighted by molar-refractivity contribution is -0.144. The molecule has 5 nitrogen and oxygen atoms in total. The number of hydrogen-bond donors (Lipinski definition) is 0. The van der Waals surface area contributed by atoms with Crippen LogP contribution in [0.3, 0.4) is 0 Å². The maximum Gasteiger partial charge on any atom is 0.227 e. The number of morpholine rings is 1. The van der Waals surface area contributed by atoms with Crippen LogP contribution in [0, 0.1) is 11.8 Å². The molecule has 0 bridgehead atoms. The Labute approximate surface area is 121 Å². The molecule has 0 aromatic carbocycles. The molecule has 2 fully saturated rings. The van der Waals surface area contributed by atoms with E-state index < -0.39 is 0 Å². The van der Waals surface area contributed by atoms with Gasteiger partial charge >= 0.3 is 0 Å². The molecule has 0 radical (unpaired) electrons. The largest absolute Gasteiger partial charge is 0.378 e. The second kappa shape index (κ2) is 7.07. The average Bonchev–Trinajstić information content (AvgIpc) is 2.47. The van der Waals surface area contributed by atoms with Gasteiger partial charge in [0.1, 0.15) is 0 Å². The molecular weight excluding hydrogens is 256 g/mol. The summed E-state index contributed by atoms with van der Waals surface area (Å²) in [5, 5.41) is 0. The predicted molar refractivity (Wildman–Crippen MR) is 76.2 cm³/mol. The van der Waals surface area contributed by atoms with Crippen LogP contribution in [0.25, 0.3) is 0 Å². The molecule has 114 valence electrons. The summed E-state index contributed by atoms with van der Waals surface area (Å²) in [6, 6.07) is 0. The van der Waals surface area contributed by atoms with Gasteiger partial charge in [0.05, 0.1) is 19.1 Å². The number of likely N-dealkylation sites (tertiary alicyclic amines) is 1. The molecule has 2 rings (SSSR count). The van der Waals surface area contributed by atoms with Gasteiger partial charge < -0.3 is 14.5 Å². The fourth-order valence-corrected chi connectivity index (χ4v) is 2.93. The van der Waals surface area contributed by atoms with E-state index in [2.05, 4.69) is 13.8 Å². The number of nitrogens with zero attached hydrogens (tertiary/aromatic N) is 2. The fraction of sp³-hybridized carbons (Fsp3) is 0.867. The predicted octanol–water partition coefficient (Wildman–Crippen LogP) is 1.13. The summed E-state index contributed by atoms with van der Waals surface area (Å²) >= 11 is 0. The van der Waals surface area contributed by atoms with Gasteiger partial charge in [0.15, 0.2) is 0 Å². The molecule has 1 unspecified atom stereocenters. The summed E-state index contributed by atoms with van der Waals surface area (Å²) in [7, 11) is 0. The Kier molecular flexibility index (Phi) is 5.40. The first-order valence-corrected chi connectivity index (χ1v) is 7.72. The number of hydrogen-bond acceptors (Lipinski definition) is 3. The molecule has 0 aromatic rings. The summed E-state index contributed by atoms with van der Waals surface area (Å²) in [6.45, 7) is 8.16. The van der Waals surface area contributed by atoms with Crippen LogP contribution in [0.5, 0.6) is 0 Å². The number of carbonyl (C=O) groups excluding carboxylic acids is 2. The van der Waals surface area contributed by atoms with Gasteiger partial charge in [-0.2, -0.15) is 0 Å². The van der Waals surface area contributed by atoms with Crippen LogP contribution in [0.4, 0.5) is 0 Å². The number of amides is 2. The van der Waals surface area contributed by atoms with Gasteiger partial charge in [0.2, 0.25) is 11.8 Å². The van der Waals surface area contributed by atoms with Crippen molar-refractivity contribution < 1.29 is 14.3 Å². The lowest BCUT2D eigenvalue weighted by atomic mass is 9.95. The lowest BCUT2D eigenvalue weighted by Gasteiger charge is -2.36. The van der Waals surface area contributed by atoms with Crippen LogP contribution in [-0.2, 0) is 14.3 Å². The van der Waals surface area contributed by atoms with Crippen LogP contribution < -0.4 is 0 Å². The molecule has 0 spiro atoms. The summed E-state index contributed by atoms with van der Waals surface area (Å²) in [4.78, 5) is 28.4. The molecule has 2 saturated heterocycles. The fourth-order valence-electron chi connectivity index (χ4n) is 2.93. The van der Waals surface area contributed by atoms with E-state index in [4.69, 9.17) is 4.74 Å². The highest BCUT2D eigenvalue weighted by Gasteiger charge is 2.31. The third-order valence-corrected chi connectivity index (χ3v) is 4.03. The van der Waals surface area contributed by atoms with Crippen molar-refractivity contribution in [2.75, 3.05) is 39.4 Å². The van der Waals surface area contributed by atoms with E-state index in [1.807, 2.05) is 9.80 Å². The van der Waals surface area contributed by atoms with Crippen molar-refractivity contribution in [2.45, 2.75) is 33.1 Å². The molecule has 5 heteroatoms. The Hall–Kier alpha value is -1.10. The van der Waals surface area contributed by atoms with Crippen molar-refractivity contribution in [2.24, 2.45) is 11.8 Å². The first-order chi connectivity index (χ1) is 9.58. The van der Waals surface area contributed by atoms with E-state index in [1.165, 1.54) is 0 Å². The van der Waals surface area contributed by atoms with E-state index in [0.717, 1.165) is 19.4 Å². The molecule has 1 atom stereocenters. The number of rotatable bonds is 3. The van der Waals surface area contributed by atoms with Gasteiger partial charge in [-0.3, -0.25) is 9.59 Å². The van der Waals surface area contributed by atoms with Gasteiger partial charge in [-0.05, 0) is 18.8 Å². The van der Waals surface area contributed by atoms with E-state index in [-0.39, 0.29) is 17.7 Å². The zero-order valence-electron chi connectivity index (χ0n) is 12.6. The van der Waals surface area contributed by atoms with E-state index in [9.17, 15) is 9.59 Å². The van der Waals surface area contributed by atoms with Crippen LogP contribution >= 0.6 is 0 Å². The summed E-state index contributed by atoms with van der Waals surface area (Å²) < 4.78 is 5.28. The van der Waals surface area contributed by atoms with E-state index in [0.29, 0.717) is 45.2 Å². The minimum absolute atomic E-state index is 0.0158. The SMILES string of the molecule is CC(C)CC(=O)N1CCCC(C(=O)N2CCOCC2)C1. The Morgan fingerprint density at radius 2 is 1.85 bits per heavy atom. The van der Waals surface area contributed by atoms with Crippen LogP contribution in [-0.4, -0.2) is 61.0 Å².